The van der Waals surface area contributed by atoms with Gasteiger partial charge >= 0.3 is 12.6 Å². The van der Waals surface area contributed by atoms with Gasteiger partial charge in [-0.25, -0.2) is 16.0 Å². The van der Waals surface area contributed by atoms with Crippen LogP contribution in [0.1, 0.15) is 10.4 Å². The molecule has 0 saturated heterocycles. The van der Waals surface area contributed by atoms with E-state index in [1.807, 2.05) is 0 Å². The van der Waals surface area contributed by atoms with Gasteiger partial charge in [-0.1, -0.05) is 12.1 Å². The monoisotopic (exact) mass is 227 g/mol. The van der Waals surface area contributed by atoms with Gasteiger partial charge in [-0.15, -0.1) is 0 Å². The Balaban J connectivity index is 2.27. The van der Waals surface area contributed by atoms with Gasteiger partial charge in [0, 0.05) is 11.8 Å². The highest BCUT2D eigenvalue weighted by Gasteiger charge is 2.05. The van der Waals surface area contributed by atoms with Crippen LogP contribution < -0.4 is 0 Å². The highest BCUT2D eigenvalue weighted by Crippen LogP contribution is 2.19. The molecule has 17 heavy (non-hydrogen) atoms. The van der Waals surface area contributed by atoms with Crippen LogP contribution in [-0.4, -0.2) is 20.9 Å². The number of carboxylic acids is 1. The summed E-state index contributed by atoms with van der Waals surface area (Å²) >= 11 is 0. The van der Waals surface area contributed by atoms with Crippen molar-refractivity contribution < 1.29 is 9.90 Å². The fraction of sp³-hybridized carbons (Fsp3) is 0.0833. The lowest BCUT2D eigenvalue weighted by molar-refractivity contribution is 0.0697. The minimum absolute atomic E-state index is 0.188. The summed E-state index contributed by atoms with van der Waals surface area (Å²) in [6, 6.07) is 6.54. The molecule has 0 amide bonds. The number of aromatic nitrogens is 2. The normalized spacial score (nSPS) is 9.82. The second-order valence-corrected chi connectivity index (χ2v) is 3.45. The van der Waals surface area contributed by atoms with Gasteiger partial charge in [-0.05, 0) is 17.7 Å². The van der Waals surface area contributed by atoms with Crippen LogP contribution in [0.2, 0.25) is 0 Å². The van der Waals surface area contributed by atoms with Crippen LogP contribution >= 0.6 is 0 Å². The highest BCUT2D eigenvalue weighted by atomic mass is 16.4. The molecule has 0 bridgehead atoms. The first kappa shape index (κ1) is 10.9. The number of rotatable bonds is 3. The summed E-state index contributed by atoms with van der Waals surface area (Å²) in [7, 11) is 0. The standard InChI is InChI=1S/C12H9N3O2/c1-13-8-15-7-11(6-14-15)9-2-4-10(5-3-9)12(16)17/h2-7H,8H2,(H,16,17). The minimum atomic E-state index is -0.944. The minimum Gasteiger partial charge on any atom is -0.478 e. The molecule has 0 radical (unpaired) electrons. The van der Waals surface area contributed by atoms with Gasteiger partial charge in [-0.3, -0.25) is 4.85 Å². The van der Waals surface area contributed by atoms with E-state index in [1.165, 1.54) is 4.68 Å². The van der Waals surface area contributed by atoms with Crippen LogP contribution in [-0.2, 0) is 6.67 Å². The zero-order chi connectivity index (χ0) is 12.3. The second-order valence-electron chi connectivity index (χ2n) is 3.45. The molecule has 0 unspecified atom stereocenters. The van der Waals surface area contributed by atoms with Crippen LogP contribution in [0.5, 0.6) is 0 Å². The number of hydrogen-bond donors (Lipinski definition) is 1. The van der Waals surface area contributed by atoms with Crippen molar-refractivity contribution in [2.24, 2.45) is 0 Å². The largest absolute Gasteiger partial charge is 0.478 e. The van der Waals surface area contributed by atoms with Crippen LogP contribution in [0, 0.1) is 6.57 Å². The first-order valence-electron chi connectivity index (χ1n) is 4.90. The number of benzene rings is 1. The molecule has 0 saturated carbocycles. The molecule has 1 heterocycles. The van der Waals surface area contributed by atoms with Crippen molar-refractivity contribution in [3.8, 4) is 11.1 Å². The van der Waals surface area contributed by atoms with E-state index < -0.39 is 5.97 Å². The van der Waals surface area contributed by atoms with E-state index in [4.69, 9.17) is 11.7 Å². The van der Waals surface area contributed by atoms with Crippen molar-refractivity contribution in [3.63, 3.8) is 0 Å². The van der Waals surface area contributed by atoms with Crippen LogP contribution in [0.4, 0.5) is 0 Å². The van der Waals surface area contributed by atoms with Crippen LogP contribution in [0.3, 0.4) is 0 Å². The van der Waals surface area contributed by atoms with E-state index in [2.05, 4.69) is 9.94 Å². The Hall–Kier alpha value is -2.61. The molecule has 1 aromatic heterocycles. The topological polar surface area (TPSA) is 59.5 Å². The maximum atomic E-state index is 10.7. The molecule has 0 atom stereocenters. The van der Waals surface area contributed by atoms with Crippen molar-refractivity contribution >= 4 is 5.97 Å². The van der Waals surface area contributed by atoms with Gasteiger partial charge < -0.3 is 5.11 Å². The first-order valence-corrected chi connectivity index (χ1v) is 4.90. The molecule has 0 aliphatic heterocycles. The van der Waals surface area contributed by atoms with E-state index in [9.17, 15) is 4.79 Å². The molecule has 2 rings (SSSR count). The molecule has 1 aromatic carbocycles. The van der Waals surface area contributed by atoms with Crippen molar-refractivity contribution in [1.29, 1.82) is 0 Å². The molecular weight excluding hydrogens is 218 g/mol. The Bertz CT molecular complexity index is 579. The quantitative estimate of drug-likeness (QED) is 0.817. The summed E-state index contributed by atoms with van der Waals surface area (Å²) in [5.41, 5.74) is 2.00. The average molecular weight is 227 g/mol. The van der Waals surface area contributed by atoms with E-state index in [1.54, 1.807) is 36.7 Å². The zero-order valence-electron chi connectivity index (χ0n) is 8.87. The van der Waals surface area contributed by atoms with Gasteiger partial charge in [0.2, 0.25) is 0 Å². The molecule has 84 valence electrons. The molecule has 5 heteroatoms. The van der Waals surface area contributed by atoms with Gasteiger partial charge in [-0.2, -0.15) is 5.10 Å². The first-order chi connectivity index (χ1) is 8.20. The average Bonchev–Trinajstić information content (AvgIpc) is 2.78. The van der Waals surface area contributed by atoms with Gasteiger partial charge in [0.15, 0.2) is 0 Å². The third kappa shape index (κ3) is 2.32. The number of carboxylic acid groups (broad SMARTS) is 1. The summed E-state index contributed by atoms with van der Waals surface area (Å²) in [6.07, 6.45) is 3.41. The number of nitrogens with zero attached hydrogens (tertiary/aromatic N) is 3. The Morgan fingerprint density at radius 3 is 2.65 bits per heavy atom. The Morgan fingerprint density at radius 2 is 2.06 bits per heavy atom. The SMILES string of the molecule is [C-]#[N+]Cn1cc(-c2ccc(C(=O)O)cc2)cn1. The summed E-state index contributed by atoms with van der Waals surface area (Å²) in [6.45, 7) is 6.92. The highest BCUT2D eigenvalue weighted by molar-refractivity contribution is 5.88. The van der Waals surface area contributed by atoms with Crippen LogP contribution in [0.15, 0.2) is 36.7 Å². The molecule has 5 nitrogen and oxygen atoms in total. The Morgan fingerprint density at radius 1 is 1.35 bits per heavy atom. The van der Waals surface area contributed by atoms with E-state index >= 15 is 0 Å². The van der Waals surface area contributed by atoms with Gasteiger partial charge in [0.25, 0.3) is 0 Å². The molecule has 2 aromatic rings. The maximum absolute atomic E-state index is 10.7. The van der Waals surface area contributed by atoms with Crippen LogP contribution in [0.25, 0.3) is 16.0 Å². The summed E-state index contributed by atoms with van der Waals surface area (Å²) in [4.78, 5) is 13.9. The lowest BCUT2D eigenvalue weighted by atomic mass is 10.1. The molecule has 0 aliphatic rings. The summed E-state index contributed by atoms with van der Waals surface area (Å²) < 4.78 is 1.54. The fourth-order valence-electron chi connectivity index (χ4n) is 1.47. The fourth-order valence-corrected chi connectivity index (χ4v) is 1.47. The lowest BCUT2D eigenvalue weighted by Gasteiger charge is -1.97. The smallest absolute Gasteiger partial charge is 0.335 e. The van der Waals surface area contributed by atoms with Crippen molar-refractivity contribution in [2.75, 3.05) is 0 Å². The number of hydrogen-bond acceptors (Lipinski definition) is 2. The lowest BCUT2D eigenvalue weighted by Crippen LogP contribution is -1.94. The van der Waals surface area contributed by atoms with Gasteiger partial charge in [0.05, 0.1) is 11.8 Å². The van der Waals surface area contributed by atoms with E-state index in [-0.39, 0.29) is 12.2 Å². The summed E-state index contributed by atoms with van der Waals surface area (Å²) in [5.74, 6) is -0.944. The van der Waals surface area contributed by atoms with Crippen molar-refractivity contribution in [3.05, 3.63) is 53.6 Å². The van der Waals surface area contributed by atoms with E-state index in [0.717, 1.165) is 11.1 Å². The predicted molar refractivity (Wildman–Crippen MR) is 61.2 cm³/mol. The Labute approximate surface area is 97.7 Å². The number of carbonyl (C=O) groups is 1. The third-order valence-electron chi connectivity index (χ3n) is 2.31. The molecule has 0 spiro atoms. The molecule has 0 aliphatic carbocycles. The zero-order valence-corrected chi connectivity index (χ0v) is 8.87. The third-order valence-corrected chi connectivity index (χ3v) is 2.31. The molecular formula is C12H9N3O2. The van der Waals surface area contributed by atoms with Crippen molar-refractivity contribution in [1.82, 2.24) is 9.78 Å². The second kappa shape index (κ2) is 4.49. The molecule has 0 fully saturated rings. The van der Waals surface area contributed by atoms with E-state index in [0.29, 0.717) is 0 Å². The maximum Gasteiger partial charge on any atom is 0.335 e. The van der Waals surface area contributed by atoms with Crippen molar-refractivity contribution in [2.45, 2.75) is 6.67 Å². The number of aromatic carboxylic acids is 1. The Kier molecular flexibility index (Phi) is 2.88. The van der Waals surface area contributed by atoms with Gasteiger partial charge in [0.1, 0.15) is 0 Å². The molecule has 1 N–H and O–H groups in total. The summed E-state index contributed by atoms with van der Waals surface area (Å²) in [5, 5.41) is 12.8. The predicted octanol–water partition coefficient (Wildman–Crippen LogP) is 2.13.